The third-order valence-corrected chi connectivity index (χ3v) is 10.8. The number of anilines is 1. The first-order valence-electron chi connectivity index (χ1n) is 8.85. The van der Waals surface area contributed by atoms with Crippen molar-refractivity contribution in [2.75, 3.05) is 18.4 Å². The minimum Gasteiger partial charge on any atom is -0.300 e. The predicted octanol–water partition coefficient (Wildman–Crippen LogP) is 3.99. The van der Waals surface area contributed by atoms with E-state index in [0.717, 1.165) is 10.1 Å². The molecule has 12 heteroatoms. The average Bonchev–Trinajstić information content (AvgIpc) is 3.49. The molecule has 7 nitrogen and oxygen atoms in total. The van der Waals surface area contributed by atoms with Crippen LogP contribution in [-0.2, 0) is 20.6 Å². The number of carbonyl (C=O) groups excluding carboxylic acids is 1. The van der Waals surface area contributed by atoms with Gasteiger partial charge in [0.25, 0.3) is 10.0 Å². The smallest absolute Gasteiger partial charge is 0.252 e. The zero-order valence-electron chi connectivity index (χ0n) is 15.2. The molecule has 0 spiro atoms. The van der Waals surface area contributed by atoms with Gasteiger partial charge in [0.1, 0.15) is 4.21 Å². The number of nitrogens with one attached hydrogen (secondary N) is 1. The van der Waals surface area contributed by atoms with Gasteiger partial charge >= 0.3 is 0 Å². The average molecular weight is 487 g/mol. The Bertz CT molecular complexity index is 1040. The topological polar surface area (TPSA) is 92.3 Å². The van der Waals surface area contributed by atoms with Crippen LogP contribution in [-0.4, -0.2) is 41.9 Å². The summed E-state index contributed by atoms with van der Waals surface area (Å²) in [4.78, 5) is 13.8. The van der Waals surface area contributed by atoms with Crippen molar-refractivity contribution < 1.29 is 13.2 Å². The molecule has 3 aromatic rings. The van der Waals surface area contributed by atoms with Gasteiger partial charge in [0.15, 0.2) is 4.34 Å². The van der Waals surface area contributed by atoms with E-state index in [4.69, 9.17) is 0 Å². The van der Waals surface area contributed by atoms with Crippen molar-refractivity contribution in [2.45, 2.75) is 27.1 Å². The summed E-state index contributed by atoms with van der Waals surface area (Å²) in [5.41, 5.74) is 0. The Morgan fingerprint density at radius 1 is 1.17 bits per heavy atom. The SMILES string of the molecule is O=C(Nc1nnc(SCc2cccs2)s1)C1CCN(S(=O)(=O)c2cccs2)CC1. The first kappa shape index (κ1) is 20.9. The van der Waals surface area contributed by atoms with Crippen molar-refractivity contribution in [3.05, 3.63) is 39.9 Å². The molecule has 0 radical (unpaired) electrons. The van der Waals surface area contributed by atoms with Gasteiger partial charge in [-0.05, 0) is 35.7 Å². The summed E-state index contributed by atoms with van der Waals surface area (Å²) in [6, 6.07) is 7.44. The summed E-state index contributed by atoms with van der Waals surface area (Å²) in [7, 11) is -3.45. The Labute approximate surface area is 185 Å². The van der Waals surface area contributed by atoms with Gasteiger partial charge in [0.2, 0.25) is 11.0 Å². The second kappa shape index (κ2) is 9.23. The van der Waals surface area contributed by atoms with E-state index >= 15 is 0 Å². The molecule has 0 unspecified atom stereocenters. The van der Waals surface area contributed by atoms with Gasteiger partial charge in [-0.25, -0.2) is 8.42 Å². The number of thiophene rings is 2. The van der Waals surface area contributed by atoms with Crippen LogP contribution in [0.5, 0.6) is 0 Å². The molecule has 1 fully saturated rings. The van der Waals surface area contributed by atoms with Gasteiger partial charge in [-0.2, -0.15) is 4.31 Å². The van der Waals surface area contributed by atoms with Crippen molar-refractivity contribution in [1.29, 1.82) is 0 Å². The van der Waals surface area contributed by atoms with E-state index < -0.39 is 10.0 Å². The number of hydrogen-bond acceptors (Lipinski definition) is 9. The lowest BCUT2D eigenvalue weighted by molar-refractivity contribution is -0.120. The summed E-state index contributed by atoms with van der Waals surface area (Å²) >= 11 is 5.87. The Hall–Kier alpha value is -1.31. The van der Waals surface area contributed by atoms with E-state index in [0.29, 0.717) is 35.3 Å². The highest BCUT2D eigenvalue weighted by Crippen LogP contribution is 2.31. The molecule has 154 valence electrons. The molecule has 3 aromatic heterocycles. The maximum Gasteiger partial charge on any atom is 0.252 e. The monoisotopic (exact) mass is 486 g/mol. The van der Waals surface area contributed by atoms with Gasteiger partial charge in [0.05, 0.1) is 0 Å². The number of hydrogen-bond donors (Lipinski definition) is 1. The zero-order valence-corrected chi connectivity index (χ0v) is 19.3. The van der Waals surface area contributed by atoms with Gasteiger partial charge in [-0.15, -0.1) is 32.9 Å². The quantitative estimate of drug-likeness (QED) is 0.401. The second-order valence-electron chi connectivity index (χ2n) is 6.34. The lowest BCUT2D eigenvalue weighted by Crippen LogP contribution is -2.41. The van der Waals surface area contributed by atoms with E-state index in [9.17, 15) is 13.2 Å². The highest BCUT2D eigenvalue weighted by molar-refractivity contribution is 8.00. The molecule has 0 bridgehead atoms. The largest absolute Gasteiger partial charge is 0.300 e. The zero-order chi connectivity index (χ0) is 20.3. The molecular formula is C17H18N4O3S5. The van der Waals surface area contributed by atoms with E-state index in [1.165, 1.54) is 31.9 Å². The predicted molar refractivity (Wildman–Crippen MR) is 118 cm³/mol. The van der Waals surface area contributed by atoms with Crippen molar-refractivity contribution in [2.24, 2.45) is 5.92 Å². The Balaban J connectivity index is 1.28. The molecular weight excluding hydrogens is 469 g/mol. The molecule has 0 atom stereocenters. The standard InChI is InChI=1S/C17H18N4O3S5/c22-15(18-16-19-20-17(28-16)27-11-13-3-1-9-25-13)12-5-7-21(8-6-12)29(23,24)14-4-2-10-26-14/h1-4,9-10,12H,5-8,11H2,(H,18,19,22). The fourth-order valence-corrected chi connectivity index (χ4v) is 8.09. The molecule has 1 aliphatic heterocycles. The highest BCUT2D eigenvalue weighted by atomic mass is 32.2. The van der Waals surface area contributed by atoms with Gasteiger partial charge in [0, 0.05) is 29.6 Å². The molecule has 1 saturated heterocycles. The van der Waals surface area contributed by atoms with Crippen molar-refractivity contribution in [3.8, 4) is 0 Å². The molecule has 1 amide bonds. The number of thioether (sulfide) groups is 1. The maximum atomic E-state index is 12.6. The number of nitrogens with zero attached hydrogens (tertiary/aromatic N) is 3. The molecule has 0 aromatic carbocycles. The number of carbonyl (C=O) groups is 1. The number of piperidine rings is 1. The van der Waals surface area contributed by atoms with Gasteiger partial charge in [-0.1, -0.05) is 35.2 Å². The molecule has 4 heterocycles. The third kappa shape index (κ3) is 5.06. The van der Waals surface area contributed by atoms with E-state index in [-0.39, 0.29) is 11.8 Å². The molecule has 4 rings (SSSR count). The Kier molecular flexibility index (Phi) is 6.66. The third-order valence-electron chi connectivity index (χ3n) is 4.47. The molecule has 1 N–H and O–H groups in total. The van der Waals surface area contributed by atoms with Gasteiger partial charge in [-0.3, -0.25) is 4.79 Å². The van der Waals surface area contributed by atoms with Crippen LogP contribution in [0.4, 0.5) is 5.13 Å². The maximum absolute atomic E-state index is 12.6. The number of sulfonamides is 1. The van der Waals surface area contributed by atoms with Crippen LogP contribution in [0.1, 0.15) is 17.7 Å². The fraction of sp³-hybridized carbons (Fsp3) is 0.353. The lowest BCUT2D eigenvalue weighted by atomic mass is 9.97. The van der Waals surface area contributed by atoms with Crippen LogP contribution in [0.2, 0.25) is 0 Å². The highest BCUT2D eigenvalue weighted by Gasteiger charge is 2.32. The summed E-state index contributed by atoms with van der Waals surface area (Å²) in [5.74, 6) is 0.484. The van der Waals surface area contributed by atoms with E-state index in [2.05, 4.69) is 21.6 Å². The van der Waals surface area contributed by atoms with Crippen molar-refractivity contribution in [1.82, 2.24) is 14.5 Å². The van der Waals surface area contributed by atoms with Crippen LogP contribution < -0.4 is 5.32 Å². The van der Waals surface area contributed by atoms with Crippen LogP contribution in [0.3, 0.4) is 0 Å². The minimum atomic E-state index is -3.45. The van der Waals surface area contributed by atoms with Crippen LogP contribution >= 0.6 is 45.8 Å². The van der Waals surface area contributed by atoms with Crippen molar-refractivity contribution in [3.63, 3.8) is 0 Å². The summed E-state index contributed by atoms with van der Waals surface area (Å²) in [5, 5.41) is 15.3. The number of amides is 1. The van der Waals surface area contributed by atoms with Crippen LogP contribution in [0.15, 0.2) is 43.6 Å². The lowest BCUT2D eigenvalue weighted by Gasteiger charge is -2.29. The fourth-order valence-electron chi connectivity index (χ4n) is 2.95. The normalized spacial score (nSPS) is 16.1. The molecule has 0 saturated carbocycles. The van der Waals surface area contributed by atoms with Crippen LogP contribution in [0, 0.1) is 5.92 Å². The van der Waals surface area contributed by atoms with Gasteiger partial charge < -0.3 is 5.32 Å². The van der Waals surface area contributed by atoms with Crippen LogP contribution in [0.25, 0.3) is 0 Å². The number of aromatic nitrogens is 2. The first-order chi connectivity index (χ1) is 14.0. The molecule has 0 aliphatic carbocycles. The van der Waals surface area contributed by atoms with Crippen molar-refractivity contribution >= 4 is 66.8 Å². The first-order valence-corrected chi connectivity index (χ1v) is 13.9. The second-order valence-corrected chi connectivity index (χ2v) is 12.7. The summed E-state index contributed by atoms with van der Waals surface area (Å²) in [6.07, 6.45) is 0.991. The Morgan fingerprint density at radius 2 is 1.93 bits per heavy atom. The molecule has 1 aliphatic rings. The van der Waals surface area contributed by atoms with E-state index in [1.807, 2.05) is 11.4 Å². The number of rotatable bonds is 7. The summed E-state index contributed by atoms with van der Waals surface area (Å²) in [6.45, 7) is 0.687. The Morgan fingerprint density at radius 3 is 2.62 bits per heavy atom. The molecule has 29 heavy (non-hydrogen) atoms. The minimum absolute atomic E-state index is 0.121. The summed E-state index contributed by atoms with van der Waals surface area (Å²) < 4.78 is 27.8. The van der Waals surface area contributed by atoms with E-state index in [1.54, 1.807) is 40.6 Å².